The third kappa shape index (κ3) is 5.22. The molecule has 0 aliphatic rings. The topological polar surface area (TPSA) is 138 Å². The number of carbonyl (C=O) groups excluding carboxylic acids is 1. The molecule has 0 bridgehead atoms. The summed E-state index contributed by atoms with van der Waals surface area (Å²) in [6.45, 7) is 0. The van der Waals surface area contributed by atoms with Crippen LogP contribution >= 0.6 is 0 Å². The molecule has 13 heavy (non-hydrogen) atoms. The van der Waals surface area contributed by atoms with Crippen LogP contribution in [-0.4, -0.2) is 32.0 Å². The van der Waals surface area contributed by atoms with Crippen LogP contribution in [0, 0.1) is 0 Å². The summed E-state index contributed by atoms with van der Waals surface area (Å²) in [4.78, 5) is 17.8. The van der Waals surface area contributed by atoms with Crippen molar-refractivity contribution in [3.05, 3.63) is 24.3 Å². The van der Waals surface area contributed by atoms with E-state index in [1.54, 1.807) is 0 Å². The Labute approximate surface area is 84.0 Å². The molecule has 0 saturated carbocycles. The van der Waals surface area contributed by atoms with Gasteiger partial charge in [0.05, 0.1) is 6.20 Å². The third-order valence-electron chi connectivity index (χ3n) is 0.897. The first kappa shape index (κ1) is 17.9. The zero-order chi connectivity index (χ0) is 7.40. The van der Waals surface area contributed by atoms with Gasteiger partial charge in [-0.05, 0) is 0 Å². The molecule has 0 saturated heterocycles. The van der Waals surface area contributed by atoms with Crippen molar-refractivity contribution in [1.82, 2.24) is 15.4 Å². The van der Waals surface area contributed by atoms with Crippen LogP contribution in [0.15, 0.2) is 18.6 Å². The fourth-order valence-electron chi connectivity index (χ4n) is 0.474. The molecule has 8 heteroatoms. The minimum atomic E-state index is -0.659. The number of hydrogen-bond donors (Lipinski definition) is 2. The van der Waals surface area contributed by atoms with Gasteiger partial charge in [-0.3, -0.25) is 15.0 Å². The van der Waals surface area contributed by atoms with Crippen LogP contribution in [0.5, 0.6) is 0 Å². The smallest absolute Gasteiger partial charge is 0.294 e. The van der Waals surface area contributed by atoms with E-state index in [-0.39, 0.29) is 33.4 Å². The van der Waals surface area contributed by atoms with E-state index in [4.69, 9.17) is 5.21 Å². The third-order valence-corrected chi connectivity index (χ3v) is 0.897. The zero-order valence-electron chi connectivity index (χ0n) is 6.32. The van der Waals surface area contributed by atoms with Crippen molar-refractivity contribution < 1.29 is 37.7 Å². The molecule has 1 aromatic rings. The normalized spacial score (nSPS) is 6.85. The van der Waals surface area contributed by atoms with Gasteiger partial charge in [-0.2, -0.15) is 0 Å². The van der Waals surface area contributed by atoms with Gasteiger partial charge in [0.25, 0.3) is 5.91 Å². The van der Waals surface area contributed by atoms with Crippen LogP contribution in [0.1, 0.15) is 10.5 Å². The van der Waals surface area contributed by atoms with E-state index >= 15 is 0 Å². The molecule has 0 fully saturated rings. The molecule has 0 atom stereocenters. The Morgan fingerprint density at radius 3 is 2.38 bits per heavy atom. The van der Waals surface area contributed by atoms with Gasteiger partial charge in [-0.1, -0.05) is 0 Å². The first-order chi connectivity index (χ1) is 4.84. The number of amides is 1. The van der Waals surface area contributed by atoms with Crippen molar-refractivity contribution in [1.29, 1.82) is 0 Å². The summed E-state index contributed by atoms with van der Waals surface area (Å²) in [5.74, 6) is -0.659. The predicted octanol–water partition coefficient (Wildman–Crippen LogP) is -2.06. The number of rotatable bonds is 1. The monoisotopic (exact) mass is 234 g/mol. The van der Waals surface area contributed by atoms with E-state index in [9.17, 15) is 4.79 Å². The largest absolute Gasteiger partial charge is 0.412 e. The van der Waals surface area contributed by atoms with Crippen molar-refractivity contribution >= 4 is 5.91 Å². The van der Waals surface area contributed by atoms with Crippen LogP contribution in [0.2, 0.25) is 0 Å². The molecule has 6 N–H and O–H groups in total. The summed E-state index contributed by atoms with van der Waals surface area (Å²) in [5.41, 5.74) is 1.53. The Morgan fingerprint density at radius 1 is 1.38 bits per heavy atom. The molecule has 1 amide bonds. The minimum absolute atomic E-state index is 0. The Kier molecular flexibility index (Phi) is 12.4. The first-order valence-electron chi connectivity index (χ1n) is 2.55. The summed E-state index contributed by atoms with van der Waals surface area (Å²) < 4.78 is 0. The van der Waals surface area contributed by atoms with Crippen molar-refractivity contribution in [2.24, 2.45) is 0 Å². The number of hydroxylamine groups is 1. The fraction of sp³-hybridized carbons (Fsp3) is 0. The van der Waals surface area contributed by atoms with Crippen molar-refractivity contribution in [3.63, 3.8) is 0 Å². The molecule has 0 spiro atoms. The molecule has 0 aliphatic carbocycles. The van der Waals surface area contributed by atoms with Crippen LogP contribution in [0.25, 0.3) is 0 Å². The van der Waals surface area contributed by atoms with Gasteiger partial charge in [-0.25, -0.2) is 10.5 Å². The minimum Gasteiger partial charge on any atom is -0.412 e. The maximum absolute atomic E-state index is 10.5. The maximum Gasteiger partial charge on any atom is 0.294 e. The molecule has 7 nitrogen and oxygen atoms in total. The second-order valence-electron chi connectivity index (χ2n) is 1.53. The van der Waals surface area contributed by atoms with Gasteiger partial charge in [0.15, 0.2) is 0 Å². The van der Waals surface area contributed by atoms with Gasteiger partial charge in [0.1, 0.15) is 5.69 Å². The molecular weight excluding hydrogens is 225 g/mol. The van der Waals surface area contributed by atoms with Crippen molar-refractivity contribution in [2.45, 2.75) is 0 Å². The van der Waals surface area contributed by atoms with E-state index in [1.165, 1.54) is 24.1 Å². The van der Waals surface area contributed by atoms with Gasteiger partial charge in [0, 0.05) is 29.2 Å². The standard InChI is InChI=1S/C5H5N3O2.Co.2H2O/c9-5(8-10)4-3-6-1-2-7-4;;;/h1-3,10H,(H,8,9);;2*1H2. The van der Waals surface area contributed by atoms with Crippen LogP contribution in [0.4, 0.5) is 0 Å². The Balaban J connectivity index is -0.000000333. The maximum atomic E-state index is 10.5. The molecule has 0 aromatic carbocycles. The van der Waals surface area contributed by atoms with Crippen molar-refractivity contribution in [2.75, 3.05) is 0 Å². The summed E-state index contributed by atoms with van der Waals surface area (Å²) in [7, 11) is 0. The Bertz CT molecular complexity index is 232. The number of aromatic nitrogens is 2. The predicted molar refractivity (Wildman–Crippen MR) is 38.5 cm³/mol. The summed E-state index contributed by atoms with van der Waals surface area (Å²) in [5, 5.41) is 8.12. The second kappa shape index (κ2) is 9.03. The molecule has 1 radical (unpaired) electrons. The molecule has 1 heterocycles. The molecule has 0 aliphatic heterocycles. The number of hydrogen-bond acceptors (Lipinski definition) is 4. The van der Waals surface area contributed by atoms with E-state index in [2.05, 4.69) is 9.97 Å². The van der Waals surface area contributed by atoms with Gasteiger partial charge >= 0.3 is 0 Å². The summed E-state index contributed by atoms with van der Waals surface area (Å²) in [6.07, 6.45) is 4.06. The summed E-state index contributed by atoms with van der Waals surface area (Å²) >= 11 is 0. The van der Waals surface area contributed by atoms with Gasteiger partial charge in [0.2, 0.25) is 0 Å². The van der Waals surface area contributed by atoms with Gasteiger partial charge < -0.3 is 11.0 Å². The van der Waals surface area contributed by atoms with E-state index in [0.29, 0.717) is 0 Å². The fourth-order valence-corrected chi connectivity index (χ4v) is 0.474. The molecule has 0 unspecified atom stereocenters. The number of nitrogens with one attached hydrogen (secondary N) is 1. The average Bonchev–Trinajstić information content (AvgIpc) is 2.05. The zero-order valence-corrected chi connectivity index (χ0v) is 7.36. The Hall–Kier alpha value is -1.06. The van der Waals surface area contributed by atoms with Crippen LogP contribution < -0.4 is 5.48 Å². The first-order valence-corrected chi connectivity index (χ1v) is 2.55. The number of nitrogens with zero attached hydrogens (tertiary/aromatic N) is 2. The molecule has 1 aromatic heterocycles. The van der Waals surface area contributed by atoms with E-state index < -0.39 is 5.91 Å². The molecule has 77 valence electrons. The van der Waals surface area contributed by atoms with Crippen molar-refractivity contribution in [3.8, 4) is 0 Å². The quantitative estimate of drug-likeness (QED) is 0.426. The average molecular weight is 234 g/mol. The van der Waals surface area contributed by atoms with Crippen LogP contribution in [0.3, 0.4) is 0 Å². The summed E-state index contributed by atoms with van der Waals surface area (Å²) in [6, 6.07) is 0. The number of carbonyl (C=O) groups is 1. The molecular formula is C5H9CoN3O4. The SMILES string of the molecule is O.O.O=C(NO)c1cnccn1.[Co]. The molecule has 1 rings (SSSR count). The second-order valence-corrected chi connectivity index (χ2v) is 1.53. The van der Waals surface area contributed by atoms with E-state index in [0.717, 1.165) is 0 Å². The van der Waals surface area contributed by atoms with Gasteiger partial charge in [-0.15, -0.1) is 0 Å². The van der Waals surface area contributed by atoms with Crippen LogP contribution in [-0.2, 0) is 16.8 Å². The Morgan fingerprint density at radius 2 is 2.00 bits per heavy atom. The van der Waals surface area contributed by atoms with E-state index in [1.807, 2.05) is 0 Å².